The van der Waals surface area contributed by atoms with E-state index in [2.05, 4.69) is 25.7 Å². The van der Waals surface area contributed by atoms with E-state index < -0.39 is 0 Å². The molecule has 1 amide bonds. The average Bonchev–Trinajstić information content (AvgIpc) is 1.95. The molecule has 1 heterocycles. The summed E-state index contributed by atoms with van der Waals surface area (Å²) in [6.45, 7) is 7.95. The van der Waals surface area contributed by atoms with Crippen LogP contribution >= 0.6 is 0 Å². The number of hydrogen-bond donors (Lipinski definition) is 0. The van der Waals surface area contributed by atoms with Crippen molar-refractivity contribution >= 4 is 5.91 Å². The summed E-state index contributed by atoms with van der Waals surface area (Å²) in [5.74, 6) is 6.62. The van der Waals surface area contributed by atoms with Crippen molar-refractivity contribution in [2.75, 3.05) is 13.1 Å². The summed E-state index contributed by atoms with van der Waals surface area (Å²) >= 11 is 0. The SMILES string of the molecule is CC#CC(=O)N1CC(CC(C)C)C1. The van der Waals surface area contributed by atoms with E-state index in [1.54, 1.807) is 6.92 Å². The van der Waals surface area contributed by atoms with Gasteiger partial charge in [-0.1, -0.05) is 19.8 Å². The standard InChI is InChI=1S/C11H17NO/c1-4-5-11(13)12-7-10(8-12)6-9(2)3/h9-10H,6-8H2,1-3H3. The van der Waals surface area contributed by atoms with Crippen molar-refractivity contribution in [3.63, 3.8) is 0 Å². The molecule has 0 atom stereocenters. The third kappa shape index (κ3) is 2.77. The Bertz CT molecular complexity index is 241. The van der Waals surface area contributed by atoms with Gasteiger partial charge < -0.3 is 4.90 Å². The molecule has 1 rings (SSSR count). The molecule has 0 unspecified atom stereocenters. The quantitative estimate of drug-likeness (QED) is 0.588. The van der Waals surface area contributed by atoms with Crippen LogP contribution in [-0.4, -0.2) is 23.9 Å². The van der Waals surface area contributed by atoms with Gasteiger partial charge in [0.15, 0.2) is 0 Å². The Balaban J connectivity index is 2.24. The third-order valence-corrected chi connectivity index (χ3v) is 2.28. The zero-order valence-electron chi connectivity index (χ0n) is 8.63. The summed E-state index contributed by atoms with van der Waals surface area (Å²) in [6.07, 6.45) is 1.23. The molecule has 0 aliphatic carbocycles. The van der Waals surface area contributed by atoms with Gasteiger partial charge in [-0.05, 0) is 31.1 Å². The van der Waals surface area contributed by atoms with Crippen molar-refractivity contribution in [1.82, 2.24) is 4.90 Å². The lowest BCUT2D eigenvalue weighted by molar-refractivity contribution is -0.131. The molecule has 2 nitrogen and oxygen atoms in total. The molecule has 0 saturated carbocycles. The van der Waals surface area contributed by atoms with Gasteiger partial charge in [-0.3, -0.25) is 4.79 Å². The summed E-state index contributed by atoms with van der Waals surface area (Å²) in [7, 11) is 0. The van der Waals surface area contributed by atoms with Crippen LogP contribution in [0.1, 0.15) is 27.2 Å². The highest BCUT2D eigenvalue weighted by Gasteiger charge is 2.29. The smallest absolute Gasteiger partial charge is 0.298 e. The predicted octanol–water partition coefficient (Wildman–Crippen LogP) is 1.51. The van der Waals surface area contributed by atoms with E-state index >= 15 is 0 Å². The Hall–Kier alpha value is -0.970. The summed E-state index contributed by atoms with van der Waals surface area (Å²) in [6, 6.07) is 0. The molecule has 0 radical (unpaired) electrons. The molecule has 1 saturated heterocycles. The van der Waals surface area contributed by atoms with E-state index in [1.165, 1.54) is 6.42 Å². The zero-order chi connectivity index (χ0) is 9.84. The number of amides is 1. The van der Waals surface area contributed by atoms with Crippen LogP contribution in [0.4, 0.5) is 0 Å². The number of carbonyl (C=O) groups excluding carboxylic acids is 1. The Morgan fingerprint density at radius 2 is 2.15 bits per heavy atom. The minimum atomic E-state index is -0.0116. The molecule has 72 valence electrons. The van der Waals surface area contributed by atoms with E-state index in [4.69, 9.17) is 0 Å². The maximum absolute atomic E-state index is 11.2. The molecular weight excluding hydrogens is 162 g/mol. The van der Waals surface area contributed by atoms with E-state index in [9.17, 15) is 4.79 Å². The number of rotatable bonds is 2. The molecule has 1 aliphatic rings. The topological polar surface area (TPSA) is 20.3 Å². The third-order valence-electron chi connectivity index (χ3n) is 2.28. The van der Waals surface area contributed by atoms with Gasteiger partial charge in [0.05, 0.1) is 0 Å². The van der Waals surface area contributed by atoms with Crippen LogP contribution < -0.4 is 0 Å². The normalized spacial score (nSPS) is 16.5. The Labute approximate surface area is 80.3 Å². The number of nitrogens with zero attached hydrogens (tertiary/aromatic N) is 1. The van der Waals surface area contributed by atoms with Gasteiger partial charge in [-0.25, -0.2) is 0 Å². The molecule has 1 aliphatic heterocycles. The molecule has 0 aromatic heterocycles. The first-order valence-corrected chi connectivity index (χ1v) is 4.85. The van der Waals surface area contributed by atoms with E-state index in [0.717, 1.165) is 19.0 Å². The predicted molar refractivity (Wildman–Crippen MR) is 53.0 cm³/mol. The fourth-order valence-corrected chi connectivity index (χ4v) is 1.74. The zero-order valence-corrected chi connectivity index (χ0v) is 8.63. The number of hydrogen-bond acceptors (Lipinski definition) is 1. The minimum Gasteiger partial charge on any atom is -0.331 e. The number of carbonyl (C=O) groups is 1. The first-order valence-electron chi connectivity index (χ1n) is 4.85. The van der Waals surface area contributed by atoms with E-state index in [1.807, 2.05) is 4.90 Å². The fraction of sp³-hybridized carbons (Fsp3) is 0.727. The van der Waals surface area contributed by atoms with Gasteiger partial charge in [-0.15, -0.1) is 0 Å². The second-order valence-corrected chi connectivity index (χ2v) is 4.08. The summed E-state index contributed by atoms with van der Waals surface area (Å²) < 4.78 is 0. The first-order chi connectivity index (χ1) is 6.13. The highest BCUT2D eigenvalue weighted by molar-refractivity contribution is 5.93. The van der Waals surface area contributed by atoms with Crippen molar-refractivity contribution < 1.29 is 4.79 Å². The largest absolute Gasteiger partial charge is 0.331 e. The maximum atomic E-state index is 11.2. The van der Waals surface area contributed by atoms with Crippen LogP contribution in [0.15, 0.2) is 0 Å². The second kappa shape index (κ2) is 4.32. The van der Waals surface area contributed by atoms with Gasteiger partial charge >= 0.3 is 0 Å². The van der Waals surface area contributed by atoms with Crippen LogP contribution in [0.25, 0.3) is 0 Å². The minimum absolute atomic E-state index is 0.0116. The Kier molecular flexibility index (Phi) is 3.36. The van der Waals surface area contributed by atoms with Gasteiger partial charge in [0.2, 0.25) is 0 Å². The van der Waals surface area contributed by atoms with Crippen molar-refractivity contribution in [3.8, 4) is 11.8 Å². The van der Waals surface area contributed by atoms with Crippen molar-refractivity contribution in [2.24, 2.45) is 11.8 Å². The van der Waals surface area contributed by atoms with Crippen LogP contribution in [0.5, 0.6) is 0 Å². The van der Waals surface area contributed by atoms with Gasteiger partial charge in [0.1, 0.15) is 0 Å². The molecule has 0 spiro atoms. The molecule has 13 heavy (non-hydrogen) atoms. The lowest BCUT2D eigenvalue weighted by Gasteiger charge is -2.38. The van der Waals surface area contributed by atoms with Crippen molar-refractivity contribution in [3.05, 3.63) is 0 Å². The van der Waals surface area contributed by atoms with Crippen molar-refractivity contribution in [1.29, 1.82) is 0 Å². The molecule has 0 aromatic carbocycles. The average molecular weight is 179 g/mol. The molecule has 2 heteroatoms. The lowest BCUT2D eigenvalue weighted by atomic mass is 9.90. The van der Waals surface area contributed by atoms with Crippen LogP contribution in [0, 0.1) is 23.7 Å². The highest BCUT2D eigenvalue weighted by Crippen LogP contribution is 2.22. The molecule has 0 N–H and O–H groups in total. The molecule has 0 bridgehead atoms. The molecule has 0 aromatic rings. The monoisotopic (exact) mass is 179 g/mol. The van der Waals surface area contributed by atoms with Gasteiger partial charge in [0.25, 0.3) is 5.91 Å². The maximum Gasteiger partial charge on any atom is 0.298 e. The summed E-state index contributed by atoms with van der Waals surface area (Å²) in [5.41, 5.74) is 0. The fourth-order valence-electron chi connectivity index (χ4n) is 1.74. The highest BCUT2D eigenvalue weighted by atomic mass is 16.2. The van der Waals surface area contributed by atoms with Crippen LogP contribution in [0.3, 0.4) is 0 Å². The Morgan fingerprint density at radius 3 is 2.62 bits per heavy atom. The molecular formula is C11H17NO. The van der Waals surface area contributed by atoms with Gasteiger partial charge in [-0.2, -0.15) is 0 Å². The second-order valence-electron chi connectivity index (χ2n) is 4.08. The van der Waals surface area contributed by atoms with Crippen LogP contribution in [-0.2, 0) is 4.79 Å². The van der Waals surface area contributed by atoms with E-state index in [-0.39, 0.29) is 5.91 Å². The van der Waals surface area contributed by atoms with Crippen LogP contribution in [0.2, 0.25) is 0 Å². The Morgan fingerprint density at radius 1 is 1.54 bits per heavy atom. The first kappa shape index (κ1) is 10.1. The van der Waals surface area contributed by atoms with Gasteiger partial charge in [0, 0.05) is 13.1 Å². The lowest BCUT2D eigenvalue weighted by Crippen LogP contribution is -2.49. The summed E-state index contributed by atoms with van der Waals surface area (Å²) in [5, 5.41) is 0. The molecule has 1 fully saturated rings. The summed E-state index contributed by atoms with van der Waals surface area (Å²) in [4.78, 5) is 13.0. The van der Waals surface area contributed by atoms with E-state index in [0.29, 0.717) is 5.92 Å². The van der Waals surface area contributed by atoms with Crippen molar-refractivity contribution in [2.45, 2.75) is 27.2 Å². The number of likely N-dealkylation sites (tertiary alicyclic amines) is 1.